The van der Waals surface area contributed by atoms with Crippen molar-refractivity contribution in [1.82, 2.24) is 9.88 Å². The highest BCUT2D eigenvalue weighted by molar-refractivity contribution is 9.10. The van der Waals surface area contributed by atoms with Crippen molar-refractivity contribution in [2.75, 3.05) is 6.54 Å². The minimum atomic E-state index is -0.451. The molecule has 0 saturated carbocycles. The van der Waals surface area contributed by atoms with Crippen LogP contribution in [0.1, 0.15) is 33.6 Å². The number of benzene rings is 1. The fourth-order valence-electron chi connectivity index (χ4n) is 2.47. The molecule has 8 heteroatoms. The normalized spacial score (nSPS) is 13.1. The molecule has 0 N–H and O–H groups in total. The van der Waals surface area contributed by atoms with E-state index in [1.165, 1.54) is 0 Å². The molecule has 0 unspecified atom stereocenters. The van der Waals surface area contributed by atoms with E-state index in [9.17, 15) is 14.4 Å². The van der Waals surface area contributed by atoms with Gasteiger partial charge in [0.1, 0.15) is 4.60 Å². The molecule has 1 aromatic carbocycles. The van der Waals surface area contributed by atoms with E-state index in [0.717, 1.165) is 9.37 Å². The first kappa shape index (κ1) is 17.8. The maximum atomic E-state index is 12.3. The number of aromatic nitrogens is 1. The summed E-state index contributed by atoms with van der Waals surface area (Å²) in [5.74, 6) is -0.799. The molecule has 0 saturated heterocycles. The second-order valence-electron chi connectivity index (χ2n) is 5.32. The van der Waals surface area contributed by atoms with Crippen LogP contribution in [-0.4, -0.2) is 34.2 Å². The van der Waals surface area contributed by atoms with Crippen LogP contribution in [0.3, 0.4) is 0 Å². The van der Waals surface area contributed by atoms with Crippen LogP contribution in [0.2, 0.25) is 0 Å². The maximum Gasteiger partial charge on any atom is 0.311 e. The van der Waals surface area contributed by atoms with E-state index in [0.29, 0.717) is 27.9 Å². The zero-order valence-electron chi connectivity index (χ0n) is 12.9. The Labute approximate surface area is 160 Å². The van der Waals surface area contributed by atoms with E-state index in [1.54, 1.807) is 36.5 Å². The summed E-state index contributed by atoms with van der Waals surface area (Å²) >= 11 is 6.48. The fourth-order valence-corrected chi connectivity index (χ4v) is 3.16. The number of fused-ring (bicyclic) bond motifs is 1. The summed E-state index contributed by atoms with van der Waals surface area (Å²) in [6.07, 6.45) is 1.98. The largest absolute Gasteiger partial charge is 0.424 e. The van der Waals surface area contributed by atoms with Gasteiger partial charge >= 0.3 is 5.97 Å². The number of ether oxygens (including phenoxy) is 1. The molecule has 1 aliphatic heterocycles. The summed E-state index contributed by atoms with van der Waals surface area (Å²) in [7, 11) is 0. The lowest BCUT2D eigenvalue weighted by Crippen LogP contribution is -2.31. The highest BCUT2D eigenvalue weighted by Crippen LogP contribution is 2.26. The van der Waals surface area contributed by atoms with Crippen LogP contribution in [0.5, 0.6) is 5.75 Å². The number of halogens is 2. The predicted octanol–water partition coefficient (Wildman–Crippen LogP) is 3.59. The Bertz CT molecular complexity index is 869. The van der Waals surface area contributed by atoms with E-state index >= 15 is 0 Å². The molecule has 1 aromatic heterocycles. The van der Waals surface area contributed by atoms with Crippen LogP contribution in [0.25, 0.3) is 0 Å². The molecule has 2 amide bonds. The average molecular weight is 468 g/mol. The Morgan fingerprint density at radius 1 is 1.12 bits per heavy atom. The number of amides is 2. The second kappa shape index (κ2) is 7.45. The van der Waals surface area contributed by atoms with Gasteiger partial charge in [-0.05, 0) is 52.7 Å². The smallest absolute Gasteiger partial charge is 0.311 e. The van der Waals surface area contributed by atoms with Gasteiger partial charge in [-0.15, -0.1) is 0 Å². The molecule has 25 heavy (non-hydrogen) atoms. The number of carbonyl (C=O) groups is 3. The lowest BCUT2D eigenvalue weighted by Gasteiger charge is -2.13. The van der Waals surface area contributed by atoms with Crippen LogP contribution in [0.15, 0.2) is 45.6 Å². The van der Waals surface area contributed by atoms with Crippen molar-refractivity contribution in [2.45, 2.75) is 12.8 Å². The van der Waals surface area contributed by atoms with Crippen molar-refractivity contribution in [1.29, 1.82) is 0 Å². The zero-order valence-corrected chi connectivity index (χ0v) is 16.0. The molecule has 3 rings (SSSR count). The van der Waals surface area contributed by atoms with Crippen LogP contribution in [0, 0.1) is 0 Å². The summed E-state index contributed by atoms with van der Waals surface area (Å²) in [6.45, 7) is 0.160. The lowest BCUT2D eigenvalue weighted by molar-refractivity contribution is -0.134. The van der Waals surface area contributed by atoms with Crippen LogP contribution in [-0.2, 0) is 4.79 Å². The standard InChI is InChI=1S/C17H12Br2N2O4/c18-10-5-6-11-12(9-10)17(24)21(16(11)23)8-2-4-14(22)25-13-3-1-7-20-15(13)19/h1,3,5-7,9H,2,4,8H2. The fraction of sp³-hybridized carbons (Fsp3) is 0.176. The number of esters is 1. The molecular formula is C17H12Br2N2O4. The minimum absolute atomic E-state index is 0.0818. The maximum absolute atomic E-state index is 12.3. The number of hydrogen-bond acceptors (Lipinski definition) is 5. The Balaban J connectivity index is 1.56. The van der Waals surface area contributed by atoms with E-state index in [1.807, 2.05) is 0 Å². The molecule has 0 spiro atoms. The Kier molecular flexibility index (Phi) is 5.29. The number of pyridine rings is 1. The van der Waals surface area contributed by atoms with Crippen molar-refractivity contribution in [3.8, 4) is 5.75 Å². The van der Waals surface area contributed by atoms with E-state index in [4.69, 9.17) is 4.74 Å². The molecule has 0 fully saturated rings. The topological polar surface area (TPSA) is 76.6 Å². The van der Waals surface area contributed by atoms with Gasteiger partial charge < -0.3 is 4.74 Å². The van der Waals surface area contributed by atoms with Crippen molar-refractivity contribution in [2.24, 2.45) is 0 Å². The number of imide groups is 1. The molecule has 0 radical (unpaired) electrons. The zero-order chi connectivity index (χ0) is 18.0. The van der Waals surface area contributed by atoms with Gasteiger partial charge in [-0.1, -0.05) is 15.9 Å². The highest BCUT2D eigenvalue weighted by atomic mass is 79.9. The molecule has 6 nitrogen and oxygen atoms in total. The molecule has 2 aromatic rings. The van der Waals surface area contributed by atoms with E-state index in [2.05, 4.69) is 36.8 Å². The quantitative estimate of drug-likeness (QED) is 0.381. The van der Waals surface area contributed by atoms with Crippen LogP contribution >= 0.6 is 31.9 Å². The Morgan fingerprint density at radius 3 is 2.64 bits per heavy atom. The highest BCUT2D eigenvalue weighted by Gasteiger charge is 2.35. The first-order valence-electron chi connectivity index (χ1n) is 7.44. The third-order valence-corrected chi connectivity index (χ3v) is 4.73. The summed E-state index contributed by atoms with van der Waals surface area (Å²) < 4.78 is 6.37. The Morgan fingerprint density at radius 2 is 1.88 bits per heavy atom. The first-order chi connectivity index (χ1) is 12.0. The van der Waals surface area contributed by atoms with Gasteiger partial charge in [0.15, 0.2) is 5.75 Å². The minimum Gasteiger partial charge on any atom is -0.424 e. The van der Waals surface area contributed by atoms with Gasteiger partial charge in [-0.25, -0.2) is 4.98 Å². The van der Waals surface area contributed by atoms with E-state index in [-0.39, 0.29) is 24.8 Å². The summed E-state index contributed by atoms with van der Waals surface area (Å²) in [5, 5.41) is 0. The van der Waals surface area contributed by atoms with Gasteiger partial charge in [0, 0.05) is 23.6 Å². The van der Waals surface area contributed by atoms with Gasteiger partial charge in [0.25, 0.3) is 11.8 Å². The van der Waals surface area contributed by atoms with Crippen molar-refractivity contribution in [3.63, 3.8) is 0 Å². The monoisotopic (exact) mass is 466 g/mol. The molecule has 0 bridgehead atoms. The number of rotatable bonds is 5. The predicted molar refractivity (Wildman–Crippen MR) is 96.3 cm³/mol. The lowest BCUT2D eigenvalue weighted by atomic mass is 10.1. The van der Waals surface area contributed by atoms with Gasteiger partial charge in [0.05, 0.1) is 11.1 Å². The van der Waals surface area contributed by atoms with Gasteiger partial charge in [-0.2, -0.15) is 0 Å². The summed E-state index contributed by atoms with van der Waals surface area (Å²) in [6, 6.07) is 8.25. The van der Waals surface area contributed by atoms with Crippen molar-refractivity contribution >= 4 is 49.6 Å². The molecular weight excluding hydrogens is 456 g/mol. The first-order valence-corrected chi connectivity index (χ1v) is 9.03. The SMILES string of the molecule is O=C(CCCN1C(=O)c2ccc(Br)cc2C1=O)Oc1cccnc1Br. The summed E-state index contributed by atoms with van der Waals surface area (Å²) in [5.41, 5.74) is 0.760. The number of hydrogen-bond donors (Lipinski definition) is 0. The number of nitrogens with zero attached hydrogens (tertiary/aromatic N) is 2. The molecule has 2 heterocycles. The third kappa shape index (κ3) is 3.80. The van der Waals surface area contributed by atoms with Gasteiger partial charge in [0.2, 0.25) is 0 Å². The molecule has 0 aliphatic carbocycles. The summed E-state index contributed by atoms with van der Waals surface area (Å²) in [4.78, 5) is 41.6. The van der Waals surface area contributed by atoms with Crippen LogP contribution < -0.4 is 4.74 Å². The van der Waals surface area contributed by atoms with Crippen molar-refractivity contribution < 1.29 is 19.1 Å². The molecule has 1 aliphatic rings. The molecule has 128 valence electrons. The Hall–Kier alpha value is -2.06. The van der Waals surface area contributed by atoms with Gasteiger partial charge in [-0.3, -0.25) is 19.3 Å². The second-order valence-corrected chi connectivity index (χ2v) is 6.99. The third-order valence-electron chi connectivity index (χ3n) is 3.64. The van der Waals surface area contributed by atoms with Crippen molar-refractivity contribution in [3.05, 3.63) is 56.7 Å². The average Bonchev–Trinajstić information content (AvgIpc) is 2.81. The molecule has 0 atom stereocenters. The van der Waals surface area contributed by atoms with E-state index < -0.39 is 5.97 Å². The number of carbonyl (C=O) groups excluding carboxylic acids is 3. The van der Waals surface area contributed by atoms with Crippen LogP contribution in [0.4, 0.5) is 0 Å².